The third-order valence-corrected chi connectivity index (χ3v) is 6.50. The Morgan fingerprint density at radius 3 is 2.85 bits per heavy atom. The van der Waals surface area contributed by atoms with Crippen molar-refractivity contribution in [1.29, 1.82) is 0 Å². The molecule has 27 heavy (non-hydrogen) atoms. The Labute approximate surface area is 165 Å². The molecule has 1 aliphatic carbocycles. The van der Waals surface area contributed by atoms with Crippen molar-refractivity contribution in [2.75, 3.05) is 18.0 Å². The SMILES string of the molecule is Clc1cccc2ccc(N3CCC[C@H](c4nccn4CC4CCC4)C3)nc12. The molecular formula is C22H25ClN4. The quantitative estimate of drug-likeness (QED) is 0.618. The number of halogens is 1. The molecule has 5 rings (SSSR count). The fraction of sp³-hybridized carbons (Fsp3) is 0.455. The van der Waals surface area contributed by atoms with Gasteiger partial charge in [0.2, 0.25) is 0 Å². The van der Waals surface area contributed by atoms with Crippen LogP contribution in [-0.4, -0.2) is 27.6 Å². The summed E-state index contributed by atoms with van der Waals surface area (Å²) in [5.74, 6) is 3.60. The standard InChI is InChI=1S/C22H25ClN4/c23-19-8-2-6-17-9-10-20(25-21(17)19)26-12-3-7-18(15-26)22-24-11-13-27(22)14-16-4-1-5-16/h2,6,8-11,13,16,18H,1,3-5,7,12,14-15H2/t18-/m0/s1. The lowest BCUT2D eigenvalue weighted by atomic mass is 9.85. The third kappa shape index (κ3) is 3.31. The Kier molecular flexibility index (Phi) is 4.52. The smallest absolute Gasteiger partial charge is 0.129 e. The molecule has 0 radical (unpaired) electrons. The minimum atomic E-state index is 0.470. The molecule has 0 N–H and O–H groups in total. The van der Waals surface area contributed by atoms with Crippen LogP contribution in [0, 0.1) is 5.92 Å². The van der Waals surface area contributed by atoms with Crippen LogP contribution in [0.15, 0.2) is 42.7 Å². The van der Waals surface area contributed by atoms with Gasteiger partial charge in [0.25, 0.3) is 0 Å². The maximum atomic E-state index is 6.37. The van der Waals surface area contributed by atoms with Crippen LogP contribution in [-0.2, 0) is 6.54 Å². The minimum absolute atomic E-state index is 0.470. The average Bonchev–Trinajstić information content (AvgIpc) is 3.13. The van der Waals surface area contributed by atoms with Crippen LogP contribution in [0.1, 0.15) is 43.8 Å². The summed E-state index contributed by atoms with van der Waals surface area (Å²) in [6.07, 6.45) is 10.6. The Hall–Kier alpha value is -2.07. The fourth-order valence-corrected chi connectivity index (χ4v) is 4.69. The summed E-state index contributed by atoms with van der Waals surface area (Å²) in [6.45, 7) is 3.16. The van der Waals surface area contributed by atoms with E-state index in [-0.39, 0.29) is 0 Å². The van der Waals surface area contributed by atoms with Gasteiger partial charge in [0.1, 0.15) is 11.6 Å². The second kappa shape index (κ2) is 7.16. The van der Waals surface area contributed by atoms with Crippen molar-refractivity contribution in [1.82, 2.24) is 14.5 Å². The van der Waals surface area contributed by atoms with E-state index in [0.717, 1.165) is 47.3 Å². The zero-order chi connectivity index (χ0) is 18.2. The van der Waals surface area contributed by atoms with E-state index in [9.17, 15) is 0 Å². The number of benzene rings is 1. The zero-order valence-corrected chi connectivity index (χ0v) is 16.3. The molecular weight excluding hydrogens is 356 g/mol. The molecule has 1 atom stereocenters. The predicted octanol–water partition coefficient (Wildman–Crippen LogP) is 5.27. The molecule has 5 heteroatoms. The lowest BCUT2D eigenvalue weighted by molar-refractivity contribution is 0.270. The number of imidazole rings is 1. The van der Waals surface area contributed by atoms with Gasteiger partial charge in [-0.05, 0) is 49.8 Å². The molecule has 3 aromatic rings. The number of nitrogens with zero attached hydrogens (tertiary/aromatic N) is 4. The van der Waals surface area contributed by atoms with E-state index in [2.05, 4.69) is 33.9 Å². The summed E-state index contributed by atoms with van der Waals surface area (Å²) in [7, 11) is 0. The number of rotatable bonds is 4. The van der Waals surface area contributed by atoms with Crippen molar-refractivity contribution in [2.24, 2.45) is 5.92 Å². The molecule has 0 spiro atoms. The average molecular weight is 381 g/mol. The van der Waals surface area contributed by atoms with Crippen LogP contribution in [0.3, 0.4) is 0 Å². The number of piperidine rings is 1. The molecule has 2 aromatic heterocycles. The number of hydrogen-bond donors (Lipinski definition) is 0. The van der Waals surface area contributed by atoms with Gasteiger partial charge in [0.05, 0.1) is 10.5 Å². The van der Waals surface area contributed by atoms with E-state index in [4.69, 9.17) is 21.6 Å². The summed E-state index contributed by atoms with van der Waals surface area (Å²) in [4.78, 5) is 12.0. The first-order chi connectivity index (χ1) is 13.3. The normalized spacial score (nSPS) is 20.8. The van der Waals surface area contributed by atoms with Crippen molar-refractivity contribution < 1.29 is 0 Å². The highest BCUT2D eigenvalue weighted by Crippen LogP contribution is 2.33. The fourth-order valence-electron chi connectivity index (χ4n) is 4.46. The molecule has 3 heterocycles. The van der Waals surface area contributed by atoms with Crippen LogP contribution < -0.4 is 4.90 Å². The summed E-state index contributed by atoms with van der Waals surface area (Å²) in [5, 5.41) is 1.81. The molecule has 1 aliphatic heterocycles. The van der Waals surface area contributed by atoms with Crippen molar-refractivity contribution in [3.05, 3.63) is 53.6 Å². The van der Waals surface area contributed by atoms with Gasteiger partial charge >= 0.3 is 0 Å². The lowest BCUT2D eigenvalue weighted by Gasteiger charge is -2.34. The first-order valence-electron chi connectivity index (χ1n) is 10.1. The summed E-state index contributed by atoms with van der Waals surface area (Å²) >= 11 is 6.37. The molecule has 0 bridgehead atoms. The van der Waals surface area contributed by atoms with E-state index < -0.39 is 0 Å². The largest absolute Gasteiger partial charge is 0.356 e. The molecule has 4 nitrogen and oxygen atoms in total. The van der Waals surface area contributed by atoms with Crippen LogP contribution in [0.25, 0.3) is 10.9 Å². The lowest BCUT2D eigenvalue weighted by Crippen LogP contribution is -2.36. The van der Waals surface area contributed by atoms with Crippen LogP contribution >= 0.6 is 11.6 Å². The molecule has 2 aliphatic rings. The number of para-hydroxylation sites is 1. The Balaban J connectivity index is 1.38. The number of pyridine rings is 1. The number of hydrogen-bond acceptors (Lipinski definition) is 3. The molecule has 1 aromatic carbocycles. The maximum Gasteiger partial charge on any atom is 0.129 e. The molecule has 1 saturated carbocycles. The molecule has 2 fully saturated rings. The van der Waals surface area contributed by atoms with Gasteiger partial charge in [-0.25, -0.2) is 9.97 Å². The van der Waals surface area contributed by atoms with E-state index in [1.807, 2.05) is 18.3 Å². The number of fused-ring (bicyclic) bond motifs is 1. The highest BCUT2D eigenvalue weighted by Gasteiger charge is 2.27. The maximum absolute atomic E-state index is 6.37. The van der Waals surface area contributed by atoms with Gasteiger partial charge in [0, 0.05) is 43.3 Å². The monoisotopic (exact) mass is 380 g/mol. The van der Waals surface area contributed by atoms with Gasteiger partial charge in [-0.15, -0.1) is 0 Å². The zero-order valence-electron chi connectivity index (χ0n) is 15.5. The first kappa shape index (κ1) is 17.1. The van der Waals surface area contributed by atoms with Crippen LogP contribution in [0.2, 0.25) is 5.02 Å². The van der Waals surface area contributed by atoms with Crippen LogP contribution in [0.5, 0.6) is 0 Å². The minimum Gasteiger partial charge on any atom is -0.356 e. The number of anilines is 1. The second-order valence-electron chi connectivity index (χ2n) is 8.00. The Morgan fingerprint density at radius 2 is 2.00 bits per heavy atom. The highest BCUT2D eigenvalue weighted by atomic mass is 35.5. The molecule has 140 valence electrons. The van der Waals surface area contributed by atoms with Gasteiger partial charge in [-0.3, -0.25) is 0 Å². The highest BCUT2D eigenvalue weighted by molar-refractivity contribution is 6.35. The van der Waals surface area contributed by atoms with Crippen molar-refractivity contribution in [3.8, 4) is 0 Å². The summed E-state index contributed by atoms with van der Waals surface area (Å²) < 4.78 is 2.41. The van der Waals surface area contributed by atoms with Gasteiger partial charge in [-0.2, -0.15) is 0 Å². The summed E-state index contributed by atoms with van der Waals surface area (Å²) in [6, 6.07) is 10.2. The van der Waals surface area contributed by atoms with E-state index >= 15 is 0 Å². The van der Waals surface area contributed by atoms with Crippen LogP contribution in [0.4, 0.5) is 5.82 Å². The van der Waals surface area contributed by atoms with E-state index in [1.165, 1.54) is 37.9 Å². The van der Waals surface area contributed by atoms with Gasteiger partial charge < -0.3 is 9.47 Å². The predicted molar refractivity (Wildman–Crippen MR) is 111 cm³/mol. The van der Waals surface area contributed by atoms with E-state index in [0.29, 0.717) is 5.92 Å². The molecule has 0 unspecified atom stereocenters. The first-order valence-corrected chi connectivity index (χ1v) is 10.5. The van der Waals surface area contributed by atoms with Gasteiger partial charge in [0.15, 0.2) is 0 Å². The second-order valence-corrected chi connectivity index (χ2v) is 8.41. The third-order valence-electron chi connectivity index (χ3n) is 6.19. The van der Waals surface area contributed by atoms with E-state index in [1.54, 1.807) is 0 Å². The summed E-state index contributed by atoms with van der Waals surface area (Å²) in [5.41, 5.74) is 0.894. The Bertz CT molecular complexity index is 946. The van der Waals surface area contributed by atoms with Crippen molar-refractivity contribution in [2.45, 2.75) is 44.6 Å². The number of aromatic nitrogens is 3. The molecule has 0 amide bonds. The van der Waals surface area contributed by atoms with Gasteiger partial charge in [-0.1, -0.05) is 30.2 Å². The Morgan fingerprint density at radius 1 is 1.07 bits per heavy atom. The topological polar surface area (TPSA) is 34.0 Å². The van der Waals surface area contributed by atoms with Crippen molar-refractivity contribution >= 4 is 28.3 Å². The molecule has 1 saturated heterocycles. The van der Waals surface area contributed by atoms with Crippen molar-refractivity contribution in [3.63, 3.8) is 0 Å².